The van der Waals surface area contributed by atoms with E-state index in [0.717, 1.165) is 24.3 Å². The molecule has 0 spiro atoms. The quantitative estimate of drug-likeness (QED) is 0.512. The van der Waals surface area contributed by atoms with E-state index in [1.165, 1.54) is 42.3 Å². The number of hydrogen-bond acceptors (Lipinski definition) is 4. The lowest BCUT2D eigenvalue weighted by molar-refractivity contribution is 0.0773. The van der Waals surface area contributed by atoms with Gasteiger partial charge in [-0.1, -0.05) is 23.7 Å². The van der Waals surface area contributed by atoms with Gasteiger partial charge in [0.15, 0.2) is 11.6 Å². The zero-order chi connectivity index (χ0) is 23.3. The van der Waals surface area contributed by atoms with E-state index >= 15 is 0 Å². The van der Waals surface area contributed by atoms with Gasteiger partial charge in [0.05, 0.1) is 22.2 Å². The predicted octanol–water partition coefficient (Wildman–Crippen LogP) is 4.57. The Hall–Kier alpha value is -3.17. The Balaban J connectivity index is 1.69. The summed E-state index contributed by atoms with van der Waals surface area (Å²) in [6, 6.07) is 14.4. The zero-order valence-corrected chi connectivity index (χ0v) is 18.5. The Morgan fingerprint density at radius 3 is 2.44 bits per heavy atom. The Kier molecular flexibility index (Phi) is 7.32. The van der Waals surface area contributed by atoms with E-state index in [0.29, 0.717) is 0 Å². The molecule has 3 rings (SSSR count). The van der Waals surface area contributed by atoms with Gasteiger partial charge in [-0.2, -0.15) is 0 Å². The van der Waals surface area contributed by atoms with Crippen LogP contribution in [0.15, 0.2) is 71.6 Å². The maximum atomic E-state index is 13.6. The molecule has 3 aromatic carbocycles. The van der Waals surface area contributed by atoms with E-state index in [-0.39, 0.29) is 40.1 Å². The Morgan fingerprint density at radius 2 is 1.75 bits per heavy atom. The highest BCUT2D eigenvalue weighted by Crippen LogP contribution is 2.26. The minimum Gasteiger partial charge on any atom is -0.489 e. The third-order valence-electron chi connectivity index (χ3n) is 4.45. The van der Waals surface area contributed by atoms with Crippen LogP contribution >= 0.6 is 11.6 Å². The molecule has 1 amide bonds. The number of hydrogen-bond donors (Lipinski definition) is 1. The molecule has 0 saturated heterocycles. The van der Waals surface area contributed by atoms with Gasteiger partial charge in [-0.05, 0) is 54.6 Å². The molecule has 0 aliphatic rings. The molecule has 3 aromatic rings. The molecule has 0 saturated carbocycles. The van der Waals surface area contributed by atoms with Crippen molar-refractivity contribution in [3.8, 4) is 5.75 Å². The first-order valence-electron chi connectivity index (χ1n) is 9.38. The number of para-hydroxylation sites is 1. The van der Waals surface area contributed by atoms with E-state index in [9.17, 15) is 22.0 Å². The highest BCUT2D eigenvalue weighted by molar-refractivity contribution is 7.92. The standard InChI is InChI=1S/C22H19ClF2N2O4S/c1-27(12-13-31-21-5-3-2-4-19(21)25)22(28)15-6-11-18(23)20(14-15)26-32(29,30)17-9-7-16(24)8-10-17/h2-11,14,26H,12-13H2,1H3. The number of carbonyl (C=O) groups is 1. The number of nitrogens with zero attached hydrogens (tertiary/aromatic N) is 1. The molecule has 10 heteroatoms. The van der Waals surface area contributed by atoms with E-state index < -0.39 is 27.6 Å². The lowest BCUT2D eigenvalue weighted by atomic mass is 10.2. The van der Waals surface area contributed by atoms with Crippen LogP contribution in [-0.2, 0) is 10.0 Å². The van der Waals surface area contributed by atoms with Gasteiger partial charge in [-0.25, -0.2) is 17.2 Å². The number of rotatable bonds is 8. The minimum absolute atomic E-state index is 0.00199. The van der Waals surface area contributed by atoms with Gasteiger partial charge in [0.1, 0.15) is 12.4 Å². The molecule has 168 valence electrons. The molecule has 0 fully saturated rings. The Bertz CT molecular complexity index is 1220. The predicted molar refractivity (Wildman–Crippen MR) is 118 cm³/mol. The Morgan fingerprint density at radius 1 is 1.06 bits per heavy atom. The van der Waals surface area contributed by atoms with Crippen molar-refractivity contribution in [3.63, 3.8) is 0 Å². The van der Waals surface area contributed by atoms with Crippen molar-refractivity contribution in [2.24, 2.45) is 0 Å². The van der Waals surface area contributed by atoms with Crippen LogP contribution in [0, 0.1) is 11.6 Å². The number of amides is 1. The second-order valence-corrected chi connectivity index (χ2v) is 8.85. The second-order valence-electron chi connectivity index (χ2n) is 6.76. The fourth-order valence-corrected chi connectivity index (χ4v) is 4.02. The normalized spacial score (nSPS) is 11.1. The average molecular weight is 481 g/mol. The lowest BCUT2D eigenvalue weighted by Gasteiger charge is -2.18. The van der Waals surface area contributed by atoms with Crippen molar-refractivity contribution in [3.05, 3.63) is 89.0 Å². The number of nitrogens with one attached hydrogen (secondary N) is 1. The summed E-state index contributed by atoms with van der Waals surface area (Å²) in [5, 5.41) is 0.0813. The van der Waals surface area contributed by atoms with Crippen LogP contribution in [0.1, 0.15) is 10.4 Å². The first-order chi connectivity index (χ1) is 15.2. The fourth-order valence-electron chi connectivity index (χ4n) is 2.73. The first-order valence-corrected chi connectivity index (χ1v) is 11.2. The molecule has 1 N–H and O–H groups in total. The van der Waals surface area contributed by atoms with Crippen molar-refractivity contribution >= 4 is 33.2 Å². The van der Waals surface area contributed by atoms with Gasteiger partial charge in [0, 0.05) is 12.6 Å². The molecule has 0 atom stereocenters. The zero-order valence-electron chi connectivity index (χ0n) is 16.9. The first kappa shape index (κ1) is 23.5. The number of halogens is 3. The van der Waals surface area contributed by atoms with E-state index in [2.05, 4.69) is 4.72 Å². The number of carbonyl (C=O) groups excluding carboxylic acids is 1. The SMILES string of the molecule is CN(CCOc1ccccc1F)C(=O)c1ccc(Cl)c(NS(=O)(=O)c2ccc(F)cc2)c1. The molecule has 32 heavy (non-hydrogen) atoms. The molecule has 0 radical (unpaired) electrons. The molecular formula is C22H19ClF2N2O4S. The van der Waals surface area contributed by atoms with Crippen molar-refractivity contribution in [1.29, 1.82) is 0 Å². The third kappa shape index (κ3) is 5.74. The topological polar surface area (TPSA) is 75.7 Å². The van der Waals surface area contributed by atoms with Crippen LogP contribution in [0.25, 0.3) is 0 Å². The van der Waals surface area contributed by atoms with Crippen molar-refractivity contribution in [1.82, 2.24) is 4.90 Å². The molecule has 0 aliphatic carbocycles. The van der Waals surface area contributed by atoms with Crippen molar-refractivity contribution in [2.75, 3.05) is 24.9 Å². The highest BCUT2D eigenvalue weighted by atomic mass is 35.5. The molecule has 6 nitrogen and oxygen atoms in total. The Labute approximate surface area is 189 Å². The van der Waals surface area contributed by atoms with Crippen LogP contribution in [0.2, 0.25) is 5.02 Å². The number of anilines is 1. The van der Waals surface area contributed by atoms with Gasteiger partial charge < -0.3 is 9.64 Å². The summed E-state index contributed by atoms with van der Waals surface area (Å²) in [4.78, 5) is 13.9. The summed E-state index contributed by atoms with van der Waals surface area (Å²) >= 11 is 6.10. The number of ether oxygens (including phenoxy) is 1. The van der Waals surface area contributed by atoms with Gasteiger partial charge in [-0.3, -0.25) is 9.52 Å². The highest BCUT2D eigenvalue weighted by Gasteiger charge is 2.19. The second kappa shape index (κ2) is 9.97. The minimum atomic E-state index is -4.05. The van der Waals surface area contributed by atoms with Crippen LogP contribution < -0.4 is 9.46 Å². The molecule has 0 bridgehead atoms. The monoisotopic (exact) mass is 480 g/mol. The van der Waals surface area contributed by atoms with E-state index in [4.69, 9.17) is 16.3 Å². The van der Waals surface area contributed by atoms with Crippen LogP contribution in [0.4, 0.5) is 14.5 Å². The summed E-state index contributed by atoms with van der Waals surface area (Å²) in [7, 11) is -2.51. The summed E-state index contributed by atoms with van der Waals surface area (Å²) < 4.78 is 59.4. The molecular weight excluding hydrogens is 462 g/mol. The smallest absolute Gasteiger partial charge is 0.261 e. The molecule has 0 unspecified atom stereocenters. The summed E-state index contributed by atoms with van der Waals surface area (Å²) in [6.45, 7) is 0.216. The van der Waals surface area contributed by atoms with Crippen LogP contribution in [0.3, 0.4) is 0 Å². The van der Waals surface area contributed by atoms with E-state index in [1.807, 2.05) is 0 Å². The fraction of sp³-hybridized carbons (Fsp3) is 0.136. The summed E-state index contributed by atoms with van der Waals surface area (Å²) in [5.74, 6) is -1.41. The summed E-state index contributed by atoms with van der Waals surface area (Å²) in [6.07, 6.45) is 0. The van der Waals surface area contributed by atoms with Gasteiger partial charge in [-0.15, -0.1) is 0 Å². The van der Waals surface area contributed by atoms with Gasteiger partial charge in [0.2, 0.25) is 0 Å². The molecule has 0 aliphatic heterocycles. The lowest BCUT2D eigenvalue weighted by Crippen LogP contribution is -2.31. The molecule has 0 heterocycles. The van der Waals surface area contributed by atoms with E-state index in [1.54, 1.807) is 12.1 Å². The van der Waals surface area contributed by atoms with Crippen molar-refractivity contribution in [2.45, 2.75) is 4.90 Å². The summed E-state index contributed by atoms with van der Waals surface area (Å²) in [5.41, 5.74) is 0.178. The van der Waals surface area contributed by atoms with Gasteiger partial charge >= 0.3 is 0 Å². The van der Waals surface area contributed by atoms with Crippen LogP contribution in [0.5, 0.6) is 5.75 Å². The molecule has 0 aromatic heterocycles. The average Bonchev–Trinajstić information content (AvgIpc) is 2.76. The number of sulfonamides is 1. The third-order valence-corrected chi connectivity index (χ3v) is 6.16. The largest absolute Gasteiger partial charge is 0.489 e. The van der Waals surface area contributed by atoms with Crippen molar-refractivity contribution < 1.29 is 26.7 Å². The number of benzene rings is 3. The van der Waals surface area contributed by atoms with Gasteiger partial charge in [0.25, 0.3) is 15.9 Å². The number of likely N-dealkylation sites (N-methyl/N-ethyl adjacent to an activating group) is 1. The maximum Gasteiger partial charge on any atom is 0.261 e. The maximum absolute atomic E-state index is 13.6. The van der Waals surface area contributed by atoms with Crippen LogP contribution in [-0.4, -0.2) is 39.4 Å².